The predicted molar refractivity (Wildman–Crippen MR) is 118 cm³/mol. The number of ether oxygens (including phenoxy) is 2. The maximum atomic E-state index is 13.2. The van der Waals surface area contributed by atoms with Gasteiger partial charge < -0.3 is 14.8 Å². The number of methoxy groups -OCH3 is 1. The minimum atomic E-state index is -1.40. The van der Waals surface area contributed by atoms with Gasteiger partial charge in [-0.25, -0.2) is 0 Å². The zero-order chi connectivity index (χ0) is 22.3. The number of para-hydroxylation sites is 1. The van der Waals surface area contributed by atoms with Crippen LogP contribution in [0, 0.1) is 22.5 Å². The number of nitrogens with one attached hydrogen (secondary N) is 1. The second-order valence-corrected chi connectivity index (χ2v) is 8.36. The Balaban J connectivity index is 1.85. The van der Waals surface area contributed by atoms with E-state index in [-0.39, 0.29) is 17.4 Å². The topological polar surface area (TPSA) is 93.9 Å². The van der Waals surface area contributed by atoms with Crippen molar-refractivity contribution in [2.24, 2.45) is 0 Å². The molecule has 2 aromatic rings. The van der Waals surface area contributed by atoms with Crippen molar-refractivity contribution in [1.82, 2.24) is 4.90 Å². The molecule has 0 aliphatic carbocycles. The zero-order valence-electron chi connectivity index (χ0n) is 16.9. The minimum Gasteiger partial charge on any atom is -0.493 e. The summed E-state index contributed by atoms with van der Waals surface area (Å²) in [5, 5.41) is 15.2. The van der Waals surface area contributed by atoms with E-state index in [1.165, 1.54) is 7.11 Å². The number of carbonyl (C=O) groups is 1. The van der Waals surface area contributed by atoms with Gasteiger partial charge in [-0.15, -0.1) is 6.42 Å². The fourth-order valence-corrected chi connectivity index (χ4v) is 5.36. The number of likely N-dealkylation sites (tertiary alicyclic amines) is 1. The number of amides is 1. The lowest BCUT2D eigenvalue weighted by molar-refractivity contribution is -0.534. The lowest BCUT2D eigenvalue weighted by Gasteiger charge is -2.30. The van der Waals surface area contributed by atoms with Crippen LogP contribution in [-0.4, -0.2) is 49.1 Å². The summed E-state index contributed by atoms with van der Waals surface area (Å²) in [7, 11) is 3.23. The van der Waals surface area contributed by atoms with E-state index >= 15 is 0 Å². The van der Waals surface area contributed by atoms with E-state index in [1.54, 1.807) is 48.3 Å². The van der Waals surface area contributed by atoms with Gasteiger partial charge in [-0.3, -0.25) is 19.8 Å². The van der Waals surface area contributed by atoms with Gasteiger partial charge in [-0.1, -0.05) is 24.1 Å². The van der Waals surface area contributed by atoms with Crippen LogP contribution in [0.5, 0.6) is 11.5 Å². The van der Waals surface area contributed by atoms with Crippen molar-refractivity contribution < 1.29 is 19.2 Å². The molecule has 2 aliphatic heterocycles. The lowest BCUT2D eigenvalue weighted by Crippen LogP contribution is -2.54. The van der Waals surface area contributed by atoms with Gasteiger partial charge in [0.2, 0.25) is 0 Å². The number of halogens is 1. The predicted octanol–water partition coefficient (Wildman–Crippen LogP) is 2.99. The van der Waals surface area contributed by atoms with Crippen LogP contribution in [0.25, 0.3) is 0 Å². The van der Waals surface area contributed by atoms with Crippen LogP contribution in [0.3, 0.4) is 0 Å². The molecule has 1 amide bonds. The molecule has 0 bridgehead atoms. The standard InChI is InChI=1S/C22H20BrN3O5/c1-4-9-31-19-16(23)10-13(11-18(19)30-3)14-12-25(2)22(20(14)26(28)29)15-7-5-6-8-17(15)24-21(22)27/h1,5-8,10-11,14,20H,9,12H2,2-3H3,(H,24,27)/t14-,20+,22-/m0/s1. The number of terminal acetylenes is 1. The Kier molecular flexibility index (Phi) is 5.37. The van der Waals surface area contributed by atoms with Gasteiger partial charge in [0.25, 0.3) is 11.9 Å². The molecule has 31 heavy (non-hydrogen) atoms. The molecule has 1 N–H and O–H groups in total. The fourth-order valence-electron chi connectivity index (χ4n) is 4.79. The van der Waals surface area contributed by atoms with Crippen LogP contribution < -0.4 is 14.8 Å². The van der Waals surface area contributed by atoms with Gasteiger partial charge in [0.05, 0.1) is 17.5 Å². The molecule has 160 valence electrons. The highest BCUT2D eigenvalue weighted by Crippen LogP contribution is 2.53. The minimum absolute atomic E-state index is 0.0536. The molecule has 1 spiro atoms. The number of fused-ring (bicyclic) bond motifs is 2. The smallest absolute Gasteiger partial charge is 0.256 e. The number of carbonyl (C=O) groups excluding carboxylic acids is 1. The molecule has 9 heteroatoms. The highest BCUT2D eigenvalue weighted by Gasteiger charge is 2.68. The summed E-state index contributed by atoms with van der Waals surface area (Å²) in [6.07, 6.45) is 5.28. The highest BCUT2D eigenvalue weighted by atomic mass is 79.9. The number of benzene rings is 2. The summed E-state index contributed by atoms with van der Waals surface area (Å²) >= 11 is 3.46. The molecular weight excluding hydrogens is 466 g/mol. The second-order valence-electron chi connectivity index (χ2n) is 7.51. The van der Waals surface area contributed by atoms with E-state index in [0.29, 0.717) is 39.3 Å². The molecule has 0 aromatic heterocycles. The van der Waals surface area contributed by atoms with Crippen LogP contribution in [0.2, 0.25) is 0 Å². The van der Waals surface area contributed by atoms with Crippen LogP contribution >= 0.6 is 15.9 Å². The molecular formula is C22H20BrN3O5. The first-order valence-electron chi connectivity index (χ1n) is 9.55. The Bertz CT molecular complexity index is 1110. The van der Waals surface area contributed by atoms with Crippen LogP contribution in [0.15, 0.2) is 40.9 Å². The van der Waals surface area contributed by atoms with Crippen molar-refractivity contribution in [3.8, 4) is 23.8 Å². The SMILES string of the molecule is C#CCOc1c(Br)cc([C@@H]2CN(C)[C@]3(C(=O)Nc4ccccc43)[C@@H]2[N+](=O)[O-])cc1OC. The van der Waals surface area contributed by atoms with Crippen molar-refractivity contribution in [2.45, 2.75) is 17.5 Å². The number of likely N-dealkylation sites (N-methyl/N-ethyl adjacent to an activating group) is 1. The molecule has 3 atom stereocenters. The second kappa shape index (κ2) is 7.87. The van der Waals surface area contributed by atoms with E-state index < -0.39 is 17.5 Å². The number of hydrogen-bond donors (Lipinski definition) is 1. The normalized spacial score (nSPS) is 24.5. The maximum Gasteiger partial charge on any atom is 0.256 e. The van der Waals surface area contributed by atoms with Gasteiger partial charge in [0, 0.05) is 22.7 Å². The molecule has 1 fully saturated rings. The molecule has 1 saturated heterocycles. The number of nitro groups is 1. The van der Waals surface area contributed by atoms with Crippen molar-refractivity contribution >= 4 is 27.5 Å². The van der Waals surface area contributed by atoms with Crippen LogP contribution in [0.4, 0.5) is 5.69 Å². The lowest BCUT2D eigenvalue weighted by atomic mass is 9.79. The molecule has 2 aliphatic rings. The summed E-state index contributed by atoms with van der Waals surface area (Å²) < 4.78 is 11.6. The summed E-state index contributed by atoms with van der Waals surface area (Å²) in [5.41, 5.74) is 0.484. The molecule has 0 saturated carbocycles. The Labute approximate surface area is 187 Å². The molecule has 2 heterocycles. The van der Waals surface area contributed by atoms with Gasteiger partial charge in [-0.05, 0) is 46.7 Å². The van der Waals surface area contributed by atoms with Crippen molar-refractivity contribution in [2.75, 3.05) is 32.6 Å². The van der Waals surface area contributed by atoms with Crippen molar-refractivity contribution in [3.05, 3.63) is 62.1 Å². The van der Waals surface area contributed by atoms with Gasteiger partial charge in [-0.2, -0.15) is 0 Å². The third-order valence-electron chi connectivity index (χ3n) is 6.02. The quantitative estimate of drug-likeness (QED) is 0.397. The Morgan fingerprint density at radius 2 is 2.16 bits per heavy atom. The van der Waals surface area contributed by atoms with Crippen molar-refractivity contribution in [3.63, 3.8) is 0 Å². The number of hydrogen-bond acceptors (Lipinski definition) is 6. The van der Waals surface area contributed by atoms with Crippen LogP contribution in [-0.2, 0) is 10.3 Å². The van der Waals surface area contributed by atoms with E-state index in [4.69, 9.17) is 15.9 Å². The average Bonchev–Trinajstić information content (AvgIpc) is 3.22. The van der Waals surface area contributed by atoms with E-state index in [9.17, 15) is 14.9 Å². The molecule has 0 unspecified atom stereocenters. The monoisotopic (exact) mass is 485 g/mol. The Hall–Kier alpha value is -3.09. The number of rotatable bonds is 5. The summed E-state index contributed by atoms with van der Waals surface area (Å²) in [5.74, 6) is 2.27. The fraction of sp³-hybridized carbons (Fsp3) is 0.318. The third kappa shape index (κ3) is 3.06. The van der Waals surface area contributed by atoms with Gasteiger partial charge >= 0.3 is 0 Å². The molecule has 2 aromatic carbocycles. The Morgan fingerprint density at radius 3 is 2.84 bits per heavy atom. The van der Waals surface area contributed by atoms with E-state index in [2.05, 4.69) is 27.2 Å². The van der Waals surface area contributed by atoms with E-state index in [0.717, 1.165) is 0 Å². The highest BCUT2D eigenvalue weighted by molar-refractivity contribution is 9.10. The number of anilines is 1. The molecule has 0 radical (unpaired) electrons. The van der Waals surface area contributed by atoms with Crippen LogP contribution in [0.1, 0.15) is 17.0 Å². The first-order valence-corrected chi connectivity index (χ1v) is 10.3. The first-order chi connectivity index (χ1) is 14.9. The van der Waals surface area contributed by atoms with Gasteiger partial charge in [0.15, 0.2) is 17.0 Å². The first kappa shape index (κ1) is 21.2. The average molecular weight is 486 g/mol. The Morgan fingerprint density at radius 1 is 1.42 bits per heavy atom. The van der Waals surface area contributed by atoms with Crippen molar-refractivity contribution in [1.29, 1.82) is 0 Å². The van der Waals surface area contributed by atoms with Gasteiger partial charge in [0.1, 0.15) is 6.61 Å². The van der Waals surface area contributed by atoms with E-state index in [1.807, 2.05) is 0 Å². The number of nitrogens with zero attached hydrogens (tertiary/aromatic N) is 2. The summed E-state index contributed by atoms with van der Waals surface area (Å²) in [4.78, 5) is 27.0. The zero-order valence-corrected chi connectivity index (χ0v) is 18.5. The molecule has 4 rings (SSSR count). The summed E-state index contributed by atoms with van der Waals surface area (Å²) in [6, 6.07) is 9.40. The third-order valence-corrected chi connectivity index (χ3v) is 6.61. The summed E-state index contributed by atoms with van der Waals surface area (Å²) in [6.45, 7) is 0.367. The largest absolute Gasteiger partial charge is 0.493 e. The molecule has 8 nitrogen and oxygen atoms in total. The maximum absolute atomic E-state index is 13.2.